The molecule has 1 atom stereocenters. The van der Waals surface area contributed by atoms with Crippen LogP contribution in [0.3, 0.4) is 0 Å². The SMILES string of the molecule is CCCC1(C(=O)Nc2ccc3[nH]ncc3c2)CCCN1. The van der Waals surface area contributed by atoms with E-state index in [0.29, 0.717) is 0 Å². The van der Waals surface area contributed by atoms with Crippen LogP contribution in [0.5, 0.6) is 0 Å². The molecule has 1 unspecified atom stereocenters. The van der Waals surface area contributed by atoms with Crippen LogP contribution in [0.4, 0.5) is 5.69 Å². The van der Waals surface area contributed by atoms with E-state index in [-0.39, 0.29) is 11.4 Å². The van der Waals surface area contributed by atoms with Crippen LogP contribution in [0.2, 0.25) is 0 Å². The number of hydrogen-bond donors (Lipinski definition) is 3. The first kappa shape index (κ1) is 13.1. The Balaban J connectivity index is 1.80. The predicted molar refractivity (Wildman–Crippen MR) is 79.6 cm³/mol. The van der Waals surface area contributed by atoms with Gasteiger partial charge in [0, 0.05) is 11.1 Å². The van der Waals surface area contributed by atoms with Gasteiger partial charge in [0.05, 0.1) is 17.3 Å². The van der Waals surface area contributed by atoms with Crippen molar-refractivity contribution < 1.29 is 4.79 Å². The Labute approximate surface area is 118 Å². The number of amides is 1. The van der Waals surface area contributed by atoms with Crippen molar-refractivity contribution in [2.24, 2.45) is 0 Å². The molecule has 1 aliphatic heterocycles. The van der Waals surface area contributed by atoms with Gasteiger partial charge >= 0.3 is 0 Å². The summed E-state index contributed by atoms with van der Waals surface area (Å²) < 4.78 is 0. The molecule has 1 amide bonds. The van der Waals surface area contributed by atoms with Gasteiger partial charge in [0.15, 0.2) is 0 Å². The number of nitrogens with one attached hydrogen (secondary N) is 3. The zero-order chi connectivity index (χ0) is 14.0. The molecule has 3 N–H and O–H groups in total. The standard InChI is InChI=1S/C15H20N4O/c1-2-6-15(7-3-8-16-15)14(20)18-12-4-5-13-11(9-12)10-17-19-13/h4-5,9-10,16H,2-3,6-8H2,1H3,(H,17,19)(H,18,20). The van der Waals surface area contributed by atoms with Gasteiger partial charge in [-0.15, -0.1) is 0 Å². The topological polar surface area (TPSA) is 69.8 Å². The van der Waals surface area contributed by atoms with Gasteiger partial charge in [-0.3, -0.25) is 9.89 Å². The number of anilines is 1. The molecule has 0 bridgehead atoms. The van der Waals surface area contributed by atoms with Crippen LogP contribution in [-0.4, -0.2) is 28.2 Å². The summed E-state index contributed by atoms with van der Waals surface area (Å²) in [5.74, 6) is 0.0831. The number of nitrogens with zero attached hydrogens (tertiary/aromatic N) is 1. The quantitative estimate of drug-likeness (QED) is 0.800. The largest absolute Gasteiger partial charge is 0.324 e. The molecule has 1 fully saturated rings. The van der Waals surface area contributed by atoms with Gasteiger partial charge in [-0.05, 0) is 44.0 Å². The summed E-state index contributed by atoms with van der Waals surface area (Å²) in [6.45, 7) is 3.04. The molecule has 1 aromatic carbocycles. The molecule has 0 aliphatic carbocycles. The average Bonchev–Trinajstić information content (AvgIpc) is 3.08. The van der Waals surface area contributed by atoms with E-state index in [1.807, 2.05) is 18.2 Å². The van der Waals surface area contributed by atoms with E-state index >= 15 is 0 Å². The van der Waals surface area contributed by atoms with Crippen molar-refractivity contribution in [3.63, 3.8) is 0 Å². The number of carbonyl (C=O) groups is 1. The molecule has 5 nitrogen and oxygen atoms in total. The summed E-state index contributed by atoms with van der Waals surface area (Å²) in [7, 11) is 0. The second-order valence-corrected chi connectivity index (χ2v) is 5.49. The lowest BCUT2D eigenvalue weighted by atomic mass is 9.90. The Morgan fingerprint density at radius 1 is 1.50 bits per heavy atom. The van der Waals surface area contributed by atoms with E-state index in [2.05, 4.69) is 27.8 Å². The van der Waals surface area contributed by atoms with E-state index in [9.17, 15) is 4.79 Å². The number of rotatable bonds is 4. The predicted octanol–water partition coefficient (Wildman–Crippen LogP) is 2.42. The van der Waals surface area contributed by atoms with Crippen molar-refractivity contribution in [3.8, 4) is 0 Å². The van der Waals surface area contributed by atoms with Crippen molar-refractivity contribution >= 4 is 22.5 Å². The third-order valence-electron chi connectivity index (χ3n) is 4.05. The molecule has 20 heavy (non-hydrogen) atoms. The number of benzene rings is 1. The van der Waals surface area contributed by atoms with Gasteiger partial charge in [-0.25, -0.2) is 0 Å². The molecule has 1 saturated heterocycles. The average molecular weight is 272 g/mol. The van der Waals surface area contributed by atoms with Gasteiger partial charge in [0.25, 0.3) is 0 Å². The summed E-state index contributed by atoms with van der Waals surface area (Å²) in [5, 5.41) is 14.3. The lowest BCUT2D eigenvalue weighted by Crippen LogP contribution is -2.50. The Bertz CT molecular complexity index is 613. The van der Waals surface area contributed by atoms with Crippen molar-refractivity contribution in [2.45, 2.75) is 38.1 Å². The van der Waals surface area contributed by atoms with Gasteiger partial charge in [-0.2, -0.15) is 5.10 Å². The molecule has 0 spiro atoms. The zero-order valence-electron chi connectivity index (χ0n) is 11.7. The van der Waals surface area contributed by atoms with Crippen LogP contribution in [-0.2, 0) is 4.79 Å². The van der Waals surface area contributed by atoms with Gasteiger partial charge in [0.1, 0.15) is 0 Å². The maximum atomic E-state index is 12.6. The second-order valence-electron chi connectivity index (χ2n) is 5.49. The molecule has 1 aromatic heterocycles. The highest BCUT2D eigenvalue weighted by molar-refractivity contribution is 5.99. The van der Waals surface area contributed by atoms with Crippen molar-refractivity contribution in [2.75, 3.05) is 11.9 Å². The number of fused-ring (bicyclic) bond motifs is 1. The third-order valence-corrected chi connectivity index (χ3v) is 4.05. The monoisotopic (exact) mass is 272 g/mol. The fourth-order valence-electron chi connectivity index (χ4n) is 3.02. The highest BCUT2D eigenvalue weighted by Gasteiger charge is 2.39. The Morgan fingerprint density at radius 3 is 3.15 bits per heavy atom. The summed E-state index contributed by atoms with van der Waals surface area (Å²) in [4.78, 5) is 12.6. The number of hydrogen-bond acceptors (Lipinski definition) is 3. The first-order chi connectivity index (χ1) is 9.73. The summed E-state index contributed by atoms with van der Waals surface area (Å²) in [6, 6.07) is 5.80. The Morgan fingerprint density at radius 2 is 2.40 bits per heavy atom. The third kappa shape index (κ3) is 2.29. The minimum absolute atomic E-state index is 0.0831. The molecule has 1 aliphatic rings. The molecule has 106 valence electrons. The van der Waals surface area contributed by atoms with E-state index in [1.54, 1.807) is 6.20 Å². The fraction of sp³-hybridized carbons (Fsp3) is 0.467. The fourth-order valence-corrected chi connectivity index (χ4v) is 3.02. The van der Waals surface area contributed by atoms with Crippen molar-refractivity contribution in [3.05, 3.63) is 24.4 Å². The van der Waals surface area contributed by atoms with Crippen molar-refractivity contribution in [1.82, 2.24) is 15.5 Å². The van der Waals surface area contributed by atoms with Crippen LogP contribution >= 0.6 is 0 Å². The number of aromatic nitrogens is 2. The molecule has 2 heterocycles. The van der Waals surface area contributed by atoms with Gasteiger partial charge in [0.2, 0.25) is 5.91 Å². The van der Waals surface area contributed by atoms with Gasteiger partial charge < -0.3 is 10.6 Å². The maximum absolute atomic E-state index is 12.6. The molecule has 5 heteroatoms. The summed E-state index contributed by atoms with van der Waals surface area (Å²) >= 11 is 0. The molecule has 0 saturated carbocycles. The molecule has 3 rings (SSSR count). The molecule has 0 radical (unpaired) electrons. The van der Waals surface area contributed by atoms with Crippen LogP contribution in [0, 0.1) is 0 Å². The zero-order valence-corrected chi connectivity index (χ0v) is 11.7. The molecule has 2 aromatic rings. The Kier molecular flexibility index (Phi) is 3.44. The number of H-pyrrole nitrogens is 1. The molecular formula is C15H20N4O. The van der Waals surface area contributed by atoms with Gasteiger partial charge in [-0.1, -0.05) is 13.3 Å². The number of carbonyl (C=O) groups excluding carboxylic acids is 1. The number of aromatic amines is 1. The van der Waals surface area contributed by atoms with E-state index in [1.165, 1.54) is 0 Å². The second kappa shape index (κ2) is 5.25. The van der Waals surface area contributed by atoms with Crippen molar-refractivity contribution in [1.29, 1.82) is 0 Å². The molecular weight excluding hydrogens is 252 g/mol. The minimum atomic E-state index is -0.389. The smallest absolute Gasteiger partial charge is 0.244 e. The van der Waals surface area contributed by atoms with E-state index in [0.717, 1.165) is 48.8 Å². The maximum Gasteiger partial charge on any atom is 0.244 e. The van der Waals surface area contributed by atoms with E-state index < -0.39 is 0 Å². The normalized spacial score (nSPS) is 22.2. The summed E-state index contributed by atoms with van der Waals surface area (Å²) in [6.07, 6.45) is 5.63. The van der Waals surface area contributed by atoms with Crippen LogP contribution in [0.25, 0.3) is 10.9 Å². The minimum Gasteiger partial charge on any atom is -0.324 e. The lowest BCUT2D eigenvalue weighted by molar-refractivity contribution is -0.122. The van der Waals surface area contributed by atoms with Crippen LogP contribution in [0.15, 0.2) is 24.4 Å². The Hall–Kier alpha value is -1.88. The highest BCUT2D eigenvalue weighted by Crippen LogP contribution is 2.27. The van der Waals surface area contributed by atoms with Crippen LogP contribution < -0.4 is 10.6 Å². The first-order valence-electron chi connectivity index (χ1n) is 7.23. The lowest BCUT2D eigenvalue weighted by Gasteiger charge is -2.27. The first-order valence-corrected chi connectivity index (χ1v) is 7.23. The highest BCUT2D eigenvalue weighted by atomic mass is 16.2. The summed E-state index contributed by atoms with van der Waals surface area (Å²) in [5.41, 5.74) is 1.42. The van der Waals surface area contributed by atoms with Crippen LogP contribution in [0.1, 0.15) is 32.6 Å². The van der Waals surface area contributed by atoms with E-state index in [4.69, 9.17) is 0 Å².